The molecule has 0 bridgehead atoms. The number of benzene rings is 2. The molecular weight excluding hydrogens is 590 g/mol. The number of rotatable bonds is 12. The average molecular weight is 652 g/mol. The molecule has 11 nitrogen and oxygen atoms in total. The summed E-state index contributed by atoms with van der Waals surface area (Å²) >= 11 is 0. The Morgan fingerprint density at radius 1 is 0.783 bits per heavy atom. The molecule has 0 aliphatic carbocycles. The zero-order valence-electron chi connectivity index (χ0n) is 29.2. The van der Waals surface area contributed by atoms with Crippen LogP contribution in [0.3, 0.4) is 0 Å². The Morgan fingerprint density at radius 2 is 1.24 bits per heavy atom. The van der Waals surface area contributed by atoms with Gasteiger partial charge < -0.3 is 41.2 Å². The van der Waals surface area contributed by atoms with Crippen molar-refractivity contribution in [1.29, 1.82) is 0 Å². The van der Waals surface area contributed by atoms with Gasteiger partial charge in [0.05, 0.1) is 34.2 Å². The van der Waals surface area contributed by atoms with E-state index in [-0.39, 0.29) is 36.6 Å². The van der Waals surface area contributed by atoms with Crippen LogP contribution in [0.15, 0.2) is 72.8 Å². The predicted octanol–water partition coefficient (Wildman–Crippen LogP) is 4.28. The van der Waals surface area contributed by atoms with Crippen molar-refractivity contribution >= 4 is 17.9 Å². The minimum atomic E-state index is -0.285. The minimum absolute atomic E-state index is 0.0440. The van der Waals surface area contributed by atoms with E-state index in [2.05, 4.69) is 38.6 Å². The normalized spacial score (nSPS) is 10.5. The van der Waals surface area contributed by atoms with Gasteiger partial charge in [-0.3, -0.25) is 9.59 Å². The molecule has 2 unspecified atom stereocenters. The second kappa shape index (κ2) is 39.4. The molecule has 264 valence electrons. The maximum atomic E-state index is 11.1. The van der Waals surface area contributed by atoms with Crippen LogP contribution in [0.25, 0.3) is 0 Å². The van der Waals surface area contributed by atoms with E-state index in [1.165, 1.54) is 38.5 Å². The SMILES string of the molecule is CC/C=C/C(=O)OC.CCC(CC(=O)OC)NCc1ccccc1.CCC(N)CC(=O)OC.CCO.CO.NCc1ccccc1. The largest absolute Gasteiger partial charge is 0.469 e. The van der Waals surface area contributed by atoms with Crippen LogP contribution in [-0.2, 0) is 41.7 Å². The Hall–Kier alpha value is -3.61. The van der Waals surface area contributed by atoms with Crippen molar-refractivity contribution in [2.75, 3.05) is 35.0 Å². The third-order valence-corrected chi connectivity index (χ3v) is 5.52. The highest BCUT2D eigenvalue weighted by Crippen LogP contribution is 2.03. The first-order chi connectivity index (χ1) is 22.1. The first kappa shape index (κ1) is 49.3. The number of aliphatic hydroxyl groups is 2. The van der Waals surface area contributed by atoms with Gasteiger partial charge in [-0.2, -0.15) is 0 Å². The molecule has 7 N–H and O–H groups in total. The molecule has 0 aliphatic heterocycles. The molecule has 0 spiro atoms. The topological polar surface area (TPSA) is 183 Å². The molecule has 2 rings (SSSR count). The van der Waals surface area contributed by atoms with Crippen LogP contribution >= 0.6 is 0 Å². The van der Waals surface area contributed by atoms with E-state index in [9.17, 15) is 14.4 Å². The zero-order chi connectivity index (χ0) is 36.0. The third kappa shape index (κ3) is 36.6. The van der Waals surface area contributed by atoms with E-state index in [1.807, 2.05) is 62.4 Å². The van der Waals surface area contributed by atoms with E-state index in [0.29, 0.717) is 19.4 Å². The zero-order valence-corrected chi connectivity index (χ0v) is 29.2. The molecule has 0 saturated carbocycles. The van der Waals surface area contributed by atoms with Crippen LogP contribution < -0.4 is 16.8 Å². The summed E-state index contributed by atoms with van der Waals surface area (Å²) in [6.07, 6.45) is 6.53. The second-order valence-corrected chi connectivity index (χ2v) is 9.04. The molecule has 2 atom stereocenters. The van der Waals surface area contributed by atoms with Gasteiger partial charge in [0.25, 0.3) is 0 Å². The van der Waals surface area contributed by atoms with Crippen LogP contribution in [0.2, 0.25) is 0 Å². The van der Waals surface area contributed by atoms with E-state index < -0.39 is 0 Å². The summed E-state index contributed by atoms with van der Waals surface area (Å²) in [6.45, 7) is 9.32. The molecule has 0 aromatic heterocycles. The van der Waals surface area contributed by atoms with Crippen LogP contribution in [0.5, 0.6) is 0 Å². The fraction of sp³-hybridized carbons (Fsp3) is 0.514. The molecule has 46 heavy (non-hydrogen) atoms. The van der Waals surface area contributed by atoms with Crippen molar-refractivity contribution in [1.82, 2.24) is 5.32 Å². The van der Waals surface area contributed by atoms with Crippen molar-refractivity contribution in [2.45, 2.75) is 85.0 Å². The number of esters is 3. The van der Waals surface area contributed by atoms with Crippen molar-refractivity contribution in [3.63, 3.8) is 0 Å². The van der Waals surface area contributed by atoms with Gasteiger partial charge in [0.15, 0.2) is 0 Å². The monoisotopic (exact) mass is 651 g/mol. The summed E-state index contributed by atoms with van der Waals surface area (Å²) in [5, 5.41) is 17.9. The maximum absolute atomic E-state index is 11.1. The van der Waals surface area contributed by atoms with Gasteiger partial charge >= 0.3 is 17.9 Å². The lowest BCUT2D eigenvalue weighted by Gasteiger charge is -2.15. The standard InChI is InChI=1S/C13H19NO2.C7H9N.C6H13NO2.C6H10O2.C2H6O.CH4O/c1-3-12(9-13(15)16-2)14-10-11-7-5-4-6-8-11;8-6-7-4-2-1-3-5-7;1-3-5(7)4-6(8)9-2;1-3-4-5-6(7)8-2;1-2-3;1-2/h4-8,12,14H,3,9-10H2,1-2H3;1-5H,6,8H2;5H,3-4,7H2,1-2H3;4-5H,3H2,1-2H3;3H,2H2,1H3;2H,1H3/b;;;5-4+;;. The molecule has 0 saturated heterocycles. The smallest absolute Gasteiger partial charge is 0.330 e. The number of hydrogen-bond donors (Lipinski definition) is 5. The van der Waals surface area contributed by atoms with Crippen LogP contribution in [0, 0.1) is 0 Å². The second-order valence-electron chi connectivity index (χ2n) is 9.04. The molecule has 0 heterocycles. The number of aliphatic hydroxyl groups excluding tert-OH is 2. The molecule has 0 radical (unpaired) electrons. The highest BCUT2D eigenvalue weighted by Gasteiger charge is 2.11. The van der Waals surface area contributed by atoms with Gasteiger partial charge in [-0.25, -0.2) is 4.79 Å². The maximum Gasteiger partial charge on any atom is 0.330 e. The lowest BCUT2D eigenvalue weighted by Crippen LogP contribution is -2.30. The number of carbonyl (C=O) groups is 3. The Bertz CT molecular complexity index is 961. The summed E-state index contributed by atoms with van der Waals surface area (Å²) in [6, 6.07) is 20.3. The summed E-state index contributed by atoms with van der Waals surface area (Å²) in [5.74, 6) is -0.677. The fourth-order valence-electron chi connectivity index (χ4n) is 2.84. The number of ether oxygens (including phenoxy) is 3. The van der Waals surface area contributed by atoms with E-state index >= 15 is 0 Å². The molecule has 0 amide bonds. The summed E-state index contributed by atoms with van der Waals surface area (Å²) in [5.41, 5.74) is 13.2. The Labute approximate surface area is 277 Å². The van der Waals surface area contributed by atoms with Gasteiger partial charge in [0.1, 0.15) is 0 Å². The Kier molecular flexibility index (Phi) is 42.2. The van der Waals surface area contributed by atoms with Crippen LogP contribution in [-0.4, -0.2) is 75.3 Å². The van der Waals surface area contributed by atoms with Gasteiger partial charge in [0.2, 0.25) is 0 Å². The first-order valence-electron chi connectivity index (χ1n) is 15.3. The highest BCUT2D eigenvalue weighted by atomic mass is 16.5. The summed E-state index contributed by atoms with van der Waals surface area (Å²) in [4.78, 5) is 31.9. The lowest BCUT2D eigenvalue weighted by molar-refractivity contribution is -0.142. The number of nitrogens with one attached hydrogen (secondary N) is 1. The minimum Gasteiger partial charge on any atom is -0.469 e. The van der Waals surface area contributed by atoms with Crippen molar-refractivity contribution in [3.8, 4) is 0 Å². The molecule has 0 aliphatic rings. The fourth-order valence-corrected chi connectivity index (χ4v) is 2.84. The molecular formula is C35H61N3O8. The number of nitrogens with two attached hydrogens (primary N) is 2. The van der Waals surface area contributed by atoms with Crippen LogP contribution in [0.4, 0.5) is 0 Å². The molecule has 0 fully saturated rings. The predicted molar refractivity (Wildman–Crippen MR) is 186 cm³/mol. The Balaban J connectivity index is -0.000000255. The van der Waals surface area contributed by atoms with Gasteiger partial charge in [-0.15, -0.1) is 0 Å². The number of allylic oxidation sites excluding steroid dienone is 1. The summed E-state index contributed by atoms with van der Waals surface area (Å²) in [7, 11) is 5.15. The number of carbonyl (C=O) groups excluding carboxylic acids is 3. The van der Waals surface area contributed by atoms with E-state index in [1.54, 1.807) is 13.0 Å². The van der Waals surface area contributed by atoms with Crippen molar-refractivity contribution in [3.05, 3.63) is 83.9 Å². The molecule has 2 aromatic rings. The third-order valence-electron chi connectivity index (χ3n) is 5.52. The van der Waals surface area contributed by atoms with Gasteiger partial charge in [0, 0.05) is 45.0 Å². The molecule has 2 aromatic carbocycles. The average Bonchev–Trinajstić information content (AvgIpc) is 3.11. The van der Waals surface area contributed by atoms with E-state index in [4.69, 9.17) is 21.7 Å². The van der Waals surface area contributed by atoms with Crippen LogP contribution in [0.1, 0.15) is 70.9 Å². The number of hydrogen-bond acceptors (Lipinski definition) is 11. The lowest BCUT2D eigenvalue weighted by atomic mass is 10.1. The molecule has 11 heteroatoms. The van der Waals surface area contributed by atoms with Gasteiger partial charge in [-0.1, -0.05) is 87.5 Å². The highest BCUT2D eigenvalue weighted by molar-refractivity contribution is 5.81. The van der Waals surface area contributed by atoms with E-state index in [0.717, 1.165) is 32.9 Å². The Morgan fingerprint density at radius 3 is 1.59 bits per heavy atom. The van der Waals surface area contributed by atoms with Crippen molar-refractivity contribution in [2.24, 2.45) is 11.5 Å². The van der Waals surface area contributed by atoms with Crippen molar-refractivity contribution < 1.29 is 38.8 Å². The van der Waals surface area contributed by atoms with Gasteiger partial charge in [-0.05, 0) is 37.3 Å². The number of methoxy groups -OCH3 is 3. The quantitative estimate of drug-likeness (QED) is 0.125. The first-order valence-corrected chi connectivity index (χ1v) is 15.3. The summed E-state index contributed by atoms with van der Waals surface area (Å²) < 4.78 is 13.4.